The molecule has 0 aromatic carbocycles. The fourth-order valence-corrected chi connectivity index (χ4v) is 0. The van der Waals surface area contributed by atoms with Crippen LogP contribution < -0.4 is 5.32 Å². The highest BCUT2D eigenvalue weighted by molar-refractivity contribution is 7.73. The summed E-state index contributed by atoms with van der Waals surface area (Å²) < 4.78 is 22.8. The van der Waals surface area contributed by atoms with E-state index in [1.165, 1.54) is 7.05 Å². The van der Waals surface area contributed by atoms with Crippen LogP contribution in [0.4, 0.5) is 4.79 Å². The van der Waals surface area contributed by atoms with E-state index >= 15 is 0 Å². The highest BCUT2D eigenvalue weighted by atomic mass is 32.2. The number of amides is 1. The van der Waals surface area contributed by atoms with Crippen molar-refractivity contribution in [3.8, 4) is 0 Å². The van der Waals surface area contributed by atoms with Gasteiger partial charge >= 0.3 is 6.09 Å². The lowest BCUT2D eigenvalue weighted by Gasteiger charge is -1.78. The van der Waals surface area contributed by atoms with Crippen molar-refractivity contribution in [3.05, 3.63) is 0 Å². The molecule has 0 aromatic rings. The molecule has 9 heavy (non-hydrogen) atoms. The van der Waals surface area contributed by atoms with Crippen molar-refractivity contribution >= 4 is 17.5 Å². The quantitative estimate of drug-likeness (QED) is 0.357. The molecule has 0 aliphatic heterocycles. The first-order chi connectivity index (χ1) is 4.00. The summed E-state index contributed by atoms with van der Waals surface area (Å²) >= 11 is -2.61. The number of hydrogen-bond acceptors (Lipinski definition) is 2. The zero-order valence-electron chi connectivity index (χ0n) is 4.57. The lowest BCUT2D eigenvalue weighted by molar-refractivity contribution is 0.197. The fraction of sp³-hybridized carbons (Fsp3) is 0.500. The summed E-state index contributed by atoms with van der Waals surface area (Å²) in [5.74, 6) is 0. The lowest BCUT2D eigenvalue weighted by atomic mass is 11.1. The summed E-state index contributed by atoms with van der Waals surface area (Å²) in [7, 11) is 1.35. The van der Waals surface area contributed by atoms with Gasteiger partial charge in [-0.2, -0.15) is 4.21 Å². The standard InChI is InChI=1S/C2H5NO2.H2O3S/c1-3-2(4)5;1-4(2)3/h3H,1H3,(H,4,5);(H2,1,2,3). The summed E-state index contributed by atoms with van der Waals surface area (Å²) in [5, 5.41) is 9.56. The third kappa shape index (κ3) is 117. The fourth-order valence-electron chi connectivity index (χ4n) is 0. The van der Waals surface area contributed by atoms with E-state index < -0.39 is 17.5 Å². The predicted molar refractivity (Wildman–Crippen MR) is 30.5 cm³/mol. The van der Waals surface area contributed by atoms with E-state index in [2.05, 4.69) is 0 Å². The van der Waals surface area contributed by atoms with Crippen LogP contribution >= 0.6 is 0 Å². The summed E-state index contributed by atoms with van der Waals surface area (Å²) in [6, 6.07) is 0. The van der Waals surface area contributed by atoms with Crippen LogP contribution in [0.2, 0.25) is 0 Å². The summed E-state index contributed by atoms with van der Waals surface area (Å²) in [5.41, 5.74) is 0. The Morgan fingerprint density at radius 2 is 1.67 bits per heavy atom. The van der Waals surface area contributed by atoms with Crippen LogP contribution in [0.3, 0.4) is 0 Å². The average Bonchev–Trinajstić information content (AvgIpc) is 1.65. The Bertz CT molecular complexity index is 99.1. The van der Waals surface area contributed by atoms with Gasteiger partial charge in [0.2, 0.25) is 0 Å². The summed E-state index contributed by atoms with van der Waals surface area (Å²) in [4.78, 5) is 9.26. The topological polar surface area (TPSA) is 107 Å². The molecule has 0 radical (unpaired) electrons. The van der Waals surface area contributed by atoms with Gasteiger partial charge in [-0.1, -0.05) is 0 Å². The molecular formula is C2H7NO5S. The van der Waals surface area contributed by atoms with Gasteiger partial charge in [0.15, 0.2) is 0 Å². The first-order valence-corrected chi connectivity index (χ1v) is 2.77. The van der Waals surface area contributed by atoms with Gasteiger partial charge in [0.1, 0.15) is 0 Å². The van der Waals surface area contributed by atoms with Crippen LogP contribution in [-0.2, 0) is 11.4 Å². The SMILES string of the molecule is CNC(=O)O.O=S(O)O. The molecule has 56 valence electrons. The van der Waals surface area contributed by atoms with Gasteiger partial charge in [-0.3, -0.25) is 9.11 Å². The second-order valence-electron chi connectivity index (χ2n) is 0.786. The van der Waals surface area contributed by atoms with Crippen molar-refractivity contribution in [3.63, 3.8) is 0 Å². The first kappa shape index (κ1) is 11.2. The van der Waals surface area contributed by atoms with E-state index in [1.54, 1.807) is 0 Å². The van der Waals surface area contributed by atoms with Crippen molar-refractivity contribution in [1.82, 2.24) is 5.32 Å². The Balaban J connectivity index is 0. The monoisotopic (exact) mass is 157 g/mol. The molecule has 0 aliphatic carbocycles. The Morgan fingerprint density at radius 3 is 1.67 bits per heavy atom. The highest BCUT2D eigenvalue weighted by Gasteiger charge is 1.76. The first-order valence-electron chi connectivity index (χ1n) is 1.71. The van der Waals surface area contributed by atoms with E-state index in [4.69, 9.17) is 18.4 Å². The maximum atomic E-state index is 9.26. The molecule has 0 fully saturated rings. The van der Waals surface area contributed by atoms with Gasteiger partial charge in [-0.25, -0.2) is 4.79 Å². The Kier molecular flexibility index (Phi) is 9.12. The second-order valence-corrected chi connectivity index (χ2v) is 1.25. The van der Waals surface area contributed by atoms with Gasteiger partial charge in [-0.05, 0) is 0 Å². The van der Waals surface area contributed by atoms with Gasteiger partial charge < -0.3 is 10.4 Å². The zero-order valence-corrected chi connectivity index (χ0v) is 5.38. The van der Waals surface area contributed by atoms with Crippen molar-refractivity contribution < 1.29 is 23.2 Å². The summed E-state index contributed by atoms with van der Waals surface area (Å²) in [6.45, 7) is 0. The van der Waals surface area contributed by atoms with E-state index in [1.807, 2.05) is 5.32 Å². The van der Waals surface area contributed by atoms with Gasteiger partial charge in [-0.15, -0.1) is 0 Å². The van der Waals surface area contributed by atoms with Gasteiger partial charge in [0, 0.05) is 7.05 Å². The molecule has 0 aliphatic rings. The van der Waals surface area contributed by atoms with Gasteiger partial charge in [0.05, 0.1) is 0 Å². The van der Waals surface area contributed by atoms with Crippen LogP contribution in [-0.4, -0.2) is 31.6 Å². The third-order valence-electron chi connectivity index (χ3n) is 0.214. The number of carboxylic acid groups (broad SMARTS) is 1. The largest absolute Gasteiger partial charge is 0.465 e. The molecule has 0 unspecified atom stereocenters. The molecule has 0 saturated carbocycles. The van der Waals surface area contributed by atoms with Crippen LogP contribution in [0.25, 0.3) is 0 Å². The molecule has 1 amide bonds. The van der Waals surface area contributed by atoms with Gasteiger partial charge in [0.25, 0.3) is 11.4 Å². The van der Waals surface area contributed by atoms with Crippen molar-refractivity contribution in [1.29, 1.82) is 0 Å². The van der Waals surface area contributed by atoms with Crippen LogP contribution in [0, 0.1) is 0 Å². The molecule has 0 atom stereocenters. The van der Waals surface area contributed by atoms with Crippen LogP contribution in [0.15, 0.2) is 0 Å². The molecule has 0 heterocycles. The van der Waals surface area contributed by atoms with E-state index in [-0.39, 0.29) is 0 Å². The third-order valence-corrected chi connectivity index (χ3v) is 0.214. The molecular weight excluding hydrogens is 150 g/mol. The number of carbonyl (C=O) groups is 1. The van der Waals surface area contributed by atoms with Crippen molar-refractivity contribution in [2.75, 3.05) is 7.05 Å². The molecule has 0 bridgehead atoms. The minimum absolute atomic E-state index is 0.995. The predicted octanol–water partition coefficient (Wildman–Crippen LogP) is -0.435. The van der Waals surface area contributed by atoms with E-state index in [0.29, 0.717) is 0 Å². The van der Waals surface area contributed by atoms with Crippen molar-refractivity contribution in [2.45, 2.75) is 0 Å². The molecule has 0 saturated heterocycles. The van der Waals surface area contributed by atoms with Crippen LogP contribution in [0.1, 0.15) is 0 Å². The normalized spacial score (nSPS) is 7.56. The lowest BCUT2D eigenvalue weighted by Crippen LogP contribution is -2.13. The molecule has 7 heteroatoms. The summed E-state index contributed by atoms with van der Waals surface area (Å²) in [6.07, 6.45) is -0.995. The highest BCUT2D eigenvalue weighted by Crippen LogP contribution is 1.46. The molecule has 0 aromatic heterocycles. The Hall–Kier alpha value is -0.660. The Labute approximate surface area is 54.0 Å². The van der Waals surface area contributed by atoms with Crippen LogP contribution in [0.5, 0.6) is 0 Å². The average molecular weight is 157 g/mol. The van der Waals surface area contributed by atoms with Crippen molar-refractivity contribution in [2.24, 2.45) is 0 Å². The number of rotatable bonds is 0. The van der Waals surface area contributed by atoms with E-state index in [9.17, 15) is 4.79 Å². The minimum atomic E-state index is -2.61. The second kappa shape index (κ2) is 7.34. The maximum Gasteiger partial charge on any atom is 0.404 e. The molecule has 0 spiro atoms. The Morgan fingerprint density at radius 1 is 1.56 bits per heavy atom. The maximum absolute atomic E-state index is 9.26. The molecule has 6 nitrogen and oxygen atoms in total. The number of hydrogen-bond donors (Lipinski definition) is 4. The minimum Gasteiger partial charge on any atom is -0.465 e. The number of nitrogens with one attached hydrogen (secondary N) is 1. The molecule has 0 rings (SSSR count). The molecule has 4 N–H and O–H groups in total. The zero-order chi connectivity index (χ0) is 7.86. The smallest absolute Gasteiger partial charge is 0.404 e. The van der Waals surface area contributed by atoms with E-state index in [0.717, 1.165) is 0 Å².